The van der Waals surface area contributed by atoms with Crippen LogP contribution in [0.3, 0.4) is 0 Å². The fourth-order valence-electron chi connectivity index (χ4n) is 2.63. The number of anilines is 1. The van der Waals surface area contributed by atoms with Crippen molar-refractivity contribution in [1.29, 1.82) is 0 Å². The van der Waals surface area contributed by atoms with Crippen molar-refractivity contribution in [3.63, 3.8) is 0 Å². The highest BCUT2D eigenvalue weighted by molar-refractivity contribution is 5.93. The molecule has 0 saturated heterocycles. The van der Waals surface area contributed by atoms with Gasteiger partial charge in [0.25, 0.3) is 5.91 Å². The largest absolute Gasteiger partial charge is 0.493 e. The molecule has 0 aliphatic carbocycles. The van der Waals surface area contributed by atoms with Gasteiger partial charge in [0.05, 0.1) is 14.2 Å². The number of methoxy groups -OCH3 is 2. The topological polar surface area (TPSA) is 56.8 Å². The Kier molecular flexibility index (Phi) is 6.28. The van der Waals surface area contributed by atoms with E-state index in [1.165, 1.54) is 7.11 Å². The van der Waals surface area contributed by atoms with E-state index in [0.717, 1.165) is 16.8 Å². The first-order valence-electron chi connectivity index (χ1n) is 8.21. The zero-order valence-electron chi connectivity index (χ0n) is 15.4. The number of aryl methyl sites for hydroxylation is 1. The molecule has 1 amide bonds. The zero-order chi connectivity index (χ0) is 18.4. The van der Waals surface area contributed by atoms with Gasteiger partial charge in [-0.3, -0.25) is 4.79 Å². The number of para-hydroxylation sites is 2. The van der Waals surface area contributed by atoms with E-state index in [1.807, 2.05) is 25.1 Å². The second-order valence-electron chi connectivity index (χ2n) is 6.02. The fraction of sp³-hybridized carbons (Fsp3) is 0.350. The minimum atomic E-state index is -0.221. The van der Waals surface area contributed by atoms with Gasteiger partial charge in [0, 0.05) is 5.69 Å². The summed E-state index contributed by atoms with van der Waals surface area (Å²) < 4.78 is 16.2. The molecule has 2 aromatic carbocycles. The lowest BCUT2D eigenvalue weighted by Gasteiger charge is -2.17. The van der Waals surface area contributed by atoms with Crippen LogP contribution in [-0.4, -0.2) is 26.7 Å². The van der Waals surface area contributed by atoms with Gasteiger partial charge in [0.15, 0.2) is 18.1 Å². The molecule has 134 valence electrons. The maximum absolute atomic E-state index is 12.4. The molecule has 5 nitrogen and oxygen atoms in total. The monoisotopic (exact) mass is 343 g/mol. The van der Waals surface area contributed by atoms with E-state index >= 15 is 0 Å². The second kappa shape index (κ2) is 8.42. The Hall–Kier alpha value is -2.69. The van der Waals surface area contributed by atoms with Crippen LogP contribution in [-0.2, 0) is 4.79 Å². The Morgan fingerprint density at radius 1 is 1.04 bits per heavy atom. The highest BCUT2D eigenvalue weighted by Gasteiger charge is 2.15. The number of amides is 1. The number of hydrogen-bond donors (Lipinski definition) is 1. The van der Waals surface area contributed by atoms with Gasteiger partial charge in [0.1, 0.15) is 0 Å². The first-order chi connectivity index (χ1) is 12.0. The van der Waals surface area contributed by atoms with Crippen molar-refractivity contribution in [3.8, 4) is 17.2 Å². The fourth-order valence-corrected chi connectivity index (χ4v) is 2.63. The molecule has 0 spiro atoms. The summed E-state index contributed by atoms with van der Waals surface area (Å²) in [4.78, 5) is 12.4. The molecule has 0 aliphatic heterocycles. The highest BCUT2D eigenvalue weighted by atomic mass is 16.5. The Morgan fingerprint density at radius 3 is 2.36 bits per heavy atom. The van der Waals surface area contributed by atoms with E-state index < -0.39 is 0 Å². The van der Waals surface area contributed by atoms with Gasteiger partial charge in [-0.25, -0.2) is 0 Å². The Morgan fingerprint density at radius 2 is 1.72 bits per heavy atom. The van der Waals surface area contributed by atoms with Crippen LogP contribution in [0.1, 0.15) is 30.9 Å². The van der Waals surface area contributed by atoms with Crippen molar-refractivity contribution in [2.45, 2.75) is 26.7 Å². The van der Waals surface area contributed by atoms with Gasteiger partial charge in [-0.05, 0) is 36.1 Å². The number of ether oxygens (including phenoxy) is 3. The molecule has 0 fully saturated rings. The molecule has 0 bridgehead atoms. The molecule has 5 heteroatoms. The number of hydrogen-bond acceptors (Lipinski definition) is 4. The van der Waals surface area contributed by atoms with Gasteiger partial charge < -0.3 is 19.5 Å². The second-order valence-corrected chi connectivity index (χ2v) is 6.02. The third kappa shape index (κ3) is 4.44. The summed E-state index contributed by atoms with van der Waals surface area (Å²) in [5.41, 5.74) is 2.98. The summed E-state index contributed by atoms with van der Waals surface area (Å²) in [6.07, 6.45) is 0. The first kappa shape index (κ1) is 18.6. The average molecular weight is 343 g/mol. The first-order valence-corrected chi connectivity index (χ1v) is 8.21. The Labute approximate surface area is 148 Å². The predicted molar refractivity (Wildman–Crippen MR) is 98.9 cm³/mol. The van der Waals surface area contributed by atoms with Crippen LogP contribution >= 0.6 is 0 Å². The van der Waals surface area contributed by atoms with E-state index in [9.17, 15) is 4.79 Å². The quantitative estimate of drug-likeness (QED) is 0.820. The molecule has 0 aliphatic rings. The Bertz CT molecular complexity index is 740. The van der Waals surface area contributed by atoms with Crippen LogP contribution < -0.4 is 19.5 Å². The molecular formula is C20H25NO4. The minimum Gasteiger partial charge on any atom is -0.493 e. The standard InChI is InChI=1S/C20H25NO4/c1-13(2)15-9-6-8-14(3)19(15)21-18(22)12-25-17-11-7-10-16(23-4)20(17)24-5/h6-11,13H,12H2,1-5H3,(H,21,22). The summed E-state index contributed by atoms with van der Waals surface area (Å²) in [5, 5.41) is 2.96. The zero-order valence-corrected chi connectivity index (χ0v) is 15.4. The summed E-state index contributed by atoms with van der Waals surface area (Å²) in [6, 6.07) is 11.3. The molecule has 0 radical (unpaired) electrons. The normalized spacial score (nSPS) is 10.5. The van der Waals surface area contributed by atoms with Crippen LogP contribution in [0.25, 0.3) is 0 Å². The van der Waals surface area contributed by atoms with Crippen LogP contribution in [0.2, 0.25) is 0 Å². The Balaban J connectivity index is 2.10. The SMILES string of the molecule is COc1cccc(OCC(=O)Nc2c(C)cccc2C(C)C)c1OC. The molecule has 2 rings (SSSR count). The predicted octanol–water partition coefficient (Wildman–Crippen LogP) is 4.15. The third-order valence-corrected chi connectivity index (χ3v) is 3.92. The summed E-state index contributed by atoms with van der Waals surface area (Å²) in [6.45, 7) is 6.06. The molecular weight excluding hydrogens is 318 g/mol. The maximum Gasteiger partial charge on any atom is 0.262 e. The lowest BCUT2D eigenvalue weighted by Crippen LogP contribution is -2.22. The van der Waals surface area contributed by atoms with E-state index in [4.69, 9.17) is 14.2 Å². The van der Waals surface area contributed by atoms with Gasteiger partial charge >= 0.3 is 0 Å². The maximum atomic E-state index is 12.4. The van der Waals surface area contributed by atoms with Crippen molar-refractivity contribution in [2.75, 3.05) is 26.1 Å². The van der Waals surface area contributed by atoms with Crippen molar-refractivity contribution in [3.05, 3.63) is 47.5 Å². The van der Waals surface area contributed by atoms with Crippen molar-refractivity contribution in [1.82, 2.24) is 0 Å². The van der Waals surface area contributed by atoms with Gasteiger partial charge in [-0.1, -0.05) is 38.1 Å². The summed E-state index contributed by atoms with van der Waals surface area (Å²) in [5.74, 6) is 1.58. The van der Waals surface area contributed by atoms with Crippen molar-refractivity contribution < 1.29 is 19.0 Å². The third-order valence-electron chi connectivity index (χ3n) is 3.92. The molecule has 2 aromatic rings. The smallest absolute Gasteiger partial charge is 0.262 e. The molecule has 25 heavy (non-hydrogen) atoms. The van der Waals surface area contributed by atoms with Crippen molar-refractivity contribution >= 4 is 11.6 Å². The lowest BCUT2D eigenvalue weighted by molar-refractivity contribution is -0.118. The van der Waals surface area contributed by atoms with Crippen LogP contribution in [0, 0.1) is 6.92 Å². The number of rotatable bonds is 7. The van der Waals surface area contributed by atoms with E-state index in [-0.39, 0.29) is 12.5 Å². The van der Waals surface area contributed by atoms with Gasteiger partial charge in [-0.2, -0.15) is 0 Å². The van der Waals surface area contributed by atoms with E-state index in [0.29, 0.717) is 23.2 Å². The number of carbonyl (C=O) groups excluding carboxylic acids is 1. The molecule has 0 aromatic heterocycles. The lowest BCUT2D eigenvalue weighted by atomic mass is 9.98. The molecule has 0 heterocycles. The molecule has 1 N–H and O–H groups in total. The summed E-state index contributed by atoms with van der Waals surface area (Å²) in [7, 11) is 3.09. The van der Waals surface area contributed by atoms with Gasteiger partial charge in [-0.15, -0.1) is 0 Å². The minimum absolute atomic E-state index is 0.116. The van der Waals surface area contributed by atoms with Crippen molar-refractivity contribution in [2.24, 2.45) is 0 Å². The van der Waals surface area contributed by atoms with E-state index in [2.05, 4.69) is 19.2 Å². The number of carbonyl (C=O) groups is 1. The summed E-state index contributed by atoms with van der Waals surface area (Å²) >= 11 is 0. The van der Waals surface area contributed by atoms with E-state index in [1.54, 1.807) is 25.3 Å². The molecule has 0 atom stereocenters. The average Bonchev–Trinajstić information content (AvgIpc) is 2.60. The number of benzene rings is 2. The van der Waals surface area contributed by atoms with Crippen LogP contribution in [0.5, 0.6) is 17.2 Å². The van der Waals surface area contributed by atoms with Gasteiger partial charge in [0.2, 0.25) is 5.75 Å². The van der Waals surface area contributed by atoms with Crippen LogP contribution in [0.15, 0.2) is 36.4 Å². The highest BCUT2D eigenvalue weighted by Crippen LogP contribution is 2.36. The molecule has 0 saturated carbocycles. The van der Waals surface area contributed by atoms with Crippen LogP contribution in [0.4, 0.5) is 5.69 Å². The number of nitrogens with one attached hydrogen (secondary N) is 1. The molecule has 0 unspecified atom stereocenters.